The Morgan fingerprint density at radius 1 is 1.37 bits per heavy atom. The summed E-state index contributed by atoms with van der Waals surface area (Å²) >= 11 is 0. The minimum Gasteiger partial charge on any atom is -0.494 e. The SMILES string of the molecule is COc1cccc2c1nc(N)n1nc(CC(=O)N[C@@H]3CCOc4ccncc43)nc21. The topological polar surface area (TPSA) is 130 Å². The highest BCUT2D eigenvalue weighted by Gasteiger charge is 2.24. The summed E-state index contributed by atoms with van der Waals surface area (Å²) in [5.74, 6) is 1.67. The summed E-state index contributed by atoms with van der Waals surface area (Å²) in [6.45, 7) is 0.532. The number of methoxy groups -OCH3 is 1. The molecule has 3 N–H and O–H groups in total. The number of fused-ring (bicyclic) bond motifs is 4. The average Bonchev–Trinajstić information content (AvgIpc) is 3.18. The van der Waals surface area contributed by atoms with E-state index < -0.39 is 0 Å². The number of aromatic nitrogens is 5. The Morgan fingerprint density at radius 3 is 3.13 bits per heavy atom. The molecule has 1 aromatic carbocycles. The molecule has 4 aromatic rings. The largest absolute Gasteiger partial charge is 0.494 e. The summed E-state index contributed by atoms with van der Waals surface area (Å²) in [5, 5.41) is 8.14. The van der Waals surface area contributed by atoms with Crippen LogP contribution in [0.2, 0.25) is 0 Å². The van der Waals surface area contributed by atoms with Gasteiger partial charge < -0.3 is 20.5 Å². The number of carbonyl (C=O) groups excluding carboxylic acids is 1. The summed E-state index contributed by atoms with van der Waals surface area (Å²) in [5.41, 5.74) is 8.06. The maximum Gasteiger partial charge on any atom is 0.228 e. The third-order valence-corrected chi connectivity index (χ3v) is 5.06. The van der Waals surface area contributed by atoms with Crippen molar-refractivity contribution in [2.24, 2.45) is 0 Å². The Kier molecular flexibility index (Phi) is 4.31. The van der Waals surface area contributed by atoms with Crippen molar-refractivity contribution >= 4 is 28.4 Å². The number of nitrogen functional groups attached to an aromatic ring is 1. The van der Waals surface area contributed by atoms with Gasteiger partial charge in [0.2, 0.25) is 11.9 Å². The third-order valence-electron chi connectivity index (χ3n) is 5.06. The number of nitrogens with two attached hydrogens (primary N) is 1. The number of nitrogens with zero attached hydrogens (tertiary/aromatic N) is 5. The molecule has 4 heterocycles. The van der Waals surface area contributed by atoms with E-state index in [4.69, 9.17) is 15.2 Å². The summed E-state index contributed by atoms with van der Waals surface area (Å²) in [6.07, 6.45) is 4.07. The molecule has 3 aromatic heterocycles. The van der Waals surface area contributed by atoms with E-state index in [0.717, 1.165) is 16.7 Å². The lowest BCUT2D eigenvalue weighted by molar-refractivity contribution is -0.121. The van der Waals surface area contributed by atoms with Gasteiger partial charge >= 0.3 is 0 Å². The van der Waals surface area contributed by atoms with Gasteiger partial charge in [-0.1, -0.05) is 6.07 Å². The standard InChI is InChI=1S/C20H19N7O3/c1-29-15-4-2-3-11-18(15)25-20(21)27-19(11)24-16(26-27)9-17(28)23-13-6-8-30-14-5-7-22-10-12(13)14/h2-5,7,10,13H,6,8-9H2,1H3,(H2,21,25)(H,23,28)/t13-/m1/s1. The lowest BCUT2D eigenvalue weighted by atomic mass is 10.0. The Hall–Kier alpha value is -3.95. The zero-order valence-electron chi connectivity index (χ0n) is 16.2. The molecule has 0 saturated carbocycles. The van der Waals surface area contributed by atoms with E-state index >= 15 is 0 Å². The maximum absolute atomic E-state index is 12.7. The molecule has 10 nitrogen and oxygen atoms in total. The fraction of sp³-hybridized carbons (Fsp3) is 0.250. The molecular formula is C20H19N7O3. The lowest BCUT2D eigenvalue weighted by Gasteiger charge is -2.26. The molecule has 0 bridgehead atoms. The van der Waals surface area contributed by atoms with Gasteiger partial charge in [0.25, 0.3) is 0 Å². The minimum atomic E-state index is -0.193. The molecule has 1 amide bonds. The van der Waals surface area contributed by atoms with Gasteiger partial charge in [0.05, 0.1) is 26.2 Å². The fourth-order valence-corrected chi connectivity index (χ4v) is 3.68. The van der Waals surface area contributed by atoms with Crippen LogP contribution in [-0.4, -0.2) is 44.2 Å². The molecule has 0 radical (unpaired) electrons. The maximum atomic E-state index is 12.7. The van der Waals surface area contributed by atoms with Crippen LogP contribution in [0.15, 0.2) is 36.7 Å². The number of nitrogens with one attached hydrogen (secondary N) is 1. The Labute approximate surface area is 171 Å². The molecule has 0 spiro atoms. The molecule has 1 aliphatic rings. The molecule has 0 fully saturated rings. The average molecular weight is 405 g/mol. The van der Waals surface area contributed by atoms with Crippen LogP contribution in [0, 0.1) is 0 Å². The molecular weight excluding hydrogens is 386 g/mol. The van der Waals surface area contributed by atoms with Gasteiger partial charge in [0, 0.05) is 29.8 Å². The Bertz CT molecular complexity index is 1270. The van der Waals surface area contributed by atoms with Crippen molar-refractivity contribution in [1.29, 1.82) is 0 Å². The van der Waals surface area contributed by atoms with Crippen molar-refractivity contribution in [2.75, 3.05) is 19.5 Å². The molecule has 10 heteroatoms. The van der Waals surface area contributed by atoms with E-state index in [1.54, 1.807) is 31.6 Å². The first-order valence-corrected chi connectivity index (χ1v) is 9.48. The molecule has 0 saturated heterocycles. The monoisotopic (exact) mass is 405 g/mol. The number of anilines is 1. The number of carbonyl (C=O) groups is 1. The van der Waals surface area contributed by atoms with Crippen LogP contribution in [0.3, 0.4) is 0 Å². The quantitative estimate of drug-likeness (QED) is 0.522. The van der Waals surface area contributed by atoms with Gasteiger partial charge in [-0.15, -0.1) is 5.10 Å². The van der Waals surface area contributed by atoms with Crippen molar-refractivity contribution in [3.8, 4) is 11.5 Å². The molecule has 1 atom stereocenters. The number of rotatable bonds is 4. The van der Waals surface area contributed by atoms with E-state index in [2.05, 4.69) is 25.4 Å². The van der Waals surface area contributed by atoms with Crippen molar-refractivity contribution in [3.05, 3.63) is 48.0 Å². The van der Waals surface area contributed by atoms with Crippen LogP contribution < -0.4 is 20.5 Å². The van der Waals surface area contributed by atoms with E-state index in [0.29, 0.717) is 35.8 Å². The number of amides is 1. The van der Waals surface area contributed by atoms with Gasteiger partial charge in [-0.2, -0.15) is 4.52 Å². The first-order chi connectivity index (χ1) is 14.6. The summed E-state index contributed by atoms with van der Waals surface area (Å²) in [4.78, 5) is 25.7. The third kappa shape index (κ3) is 3.02. The Balaban J connectivity index is 1.43. The van der Waals surface area contributed by atoms with Crippen molar-refractivity contribution in [2.45, 2.75) is 18.9 Å². The number of hydrogen-bond donors (Lipinski definition) is 2. The molecule has 30 heavy (non-hydrogen) atoms. The van der Waals surface area contributed by atoms with Crippen molar-refractivity contribution < 1.29 is 14.3 Å². The van der Waals surface area contributed by atoms with Gasteiger partial charge in [0.1, 0.15) is 17.0 Å². The second-order valence-corrected chi connectivity index (χ2v) is 6.94. The number of hydrogen-bond acceptors (Lipinski definition) is 8. The zero-order chi connectivity index (χ0) is 20.7. The van der Waals surface area contributed by atoms with Gasteiger partial charge in [-0.25, -0.2) is 9.97 Å². The summed E-state index contributed by atoms with van der Waals surface area (Å²) < 4.78 is 12.4. The van der Waals surface area contributed by atoms with Crippen molar-refractivity contribution in [3.63, 3.8) is 0 Å². The first kappa shape index (κ1) is 18.1. The van der Waals surface area contributed by atoms with Crippen LogP contribution in [0.25, 0.3) is 16.6 Å². The van der Waals surface area contributed by atoms with Crippen LogP contribution in [0.4, 0.5) is 5.95 Å². The van der Waals surface area contributed by atoms with Crippen LogP contribution in [0.5, 0.6) is 11.5 Å². The van der Waals surface area contributed by atoms with E-state index in [9.17, 15) is 4.79 Å². The van der Waals surface area contributed by atoms with Crippen LogP contribution >= 0.6 is 0 Å². The number of ether oxygens (including phenoxy) is 2. The molecule has 0 aliphatic carbocycles. The van der Waals surface area contributed by atoms with Crippen LogP contribution in [0.1, 0.15) is 23.9 Å². The highest BCUT2D eigenvalue weighted by molar-refractivity contribution is 5.96. The van der Waals surface area contributed by atoms with Crippen LogP contribution in [-0.2, 0) is 11.2 Å². The van der Waals surface area contributed by atoms with E-state index in [1.807, 2.05) is 12.1 Å². The lowest BCUT2D eigenvalue weighted by Crippen LogP contribution is -2.33. The fourth-order valence-electron chi connectivity index (χ4n) is 3.68. The molecule has 5 rings (SSSR count). The second kappa shape index (κ2) is 7.14. The smallest absolute Gasteiger partial charge is 0.228 e. The predicted octanol–water partition coefficient (Wildman–Crippen LogP) is 1.45. The van der Waals surface area contributed by atoms with E-state index in [1.165, 1.54) is 4.52 Å². The number of para-hydroxylation sites is 1. The highest BCUT2D eigenvalue weighted by Crippen LogP contribution is 2.31. The van der Waals surface area contributed by atoms with Gasteiger partial charge in [-0.05, 0) is 18.2 Å². The Morgan fingerprint density at radius 2 is 2.27 bits per heavy atom. The van der Waals surface area contributed by atoms with Gasteiger partial charge in [-0.3, -0.25) is 9.78 Å². The normalized spacial score (nSPS) is 15.6. The minimum absolute atomic E-state index is 0.0134. The van der Waals surface area contributed by atoms with Gasteiger partial charge in [0.15, 0.2) is 11.5 Å². The molecule has 0 unspecified atom stereocenters. The molecule has 1 aliphatic heterocycles. The zero-order valence-corrected chi connectivity index (χ0v) is 16.2. The summed E-state index contributed by atoms with van der Waals surface area (Å²) in [7, 11) is 1.57. The number of benzene rings is 1. The predicted molar refractivity (Wildman–Crippen MR) is 108 cm³/mol. The van der Waals surface area contributed by atoms with Crippen molar-refractivity contribution in [1.82, 2.24) is 29.9 Å². The summed E-state index contributed by atoms with van der Waals surface area (Å²) in [6, 6.07) is 7.15. The van der Waals surface area contributed by atoms with E-state index in [-0.39, 0.29) is 24.3 Å². The second-order valence-electron chi connectivity index (χ2n) is 6.94. The highest BCUT2D eigenvalue weighted by atomic mass is 16.5. The number of pyridine rings is 1. The first-order valence-electron chi connectivity index (χ1n) is 9.48. The molecule has 152 valence electrons.